The summed E-state index contributed by atoms with van der Waals surface area (Å²) in [6, 6.07) is 9.43. The molecule has 0 aliphatic rings. The largest absolute Gasteiger partial charge is 0.289 e. The number of amides is 2. The van der Waals surface area contributed by atoms with Crippen LogP contribution in [-0.4, -0.2) is 23.2 Å². The Morgan fingerprint density at radius 2 is 1.74 bits per heavy atom. The molecule has 0 aromatic heterocycles. The normalized spacial score (nSPS) is 10.4. The topological polar surface area (TPSA) is 90.8 Å². The van der Waals surface area contributed by atoms with Gasteiger partial charge in [0.1, 0.15) is 0 Å². The van der Waals surface area contributed by atoms with Gasteiger partial charge in [-0.05, 0) is 18.4 Å². The Kier molecular flexibility index (Phi) is 6.89. The van der Waals surface area contributed by atoms with Gasteiger partial charge in [-0.15, -0.1) is 0 Å². The van der Waals surface area contributed by atoms with Crippen LogP contribution >= 0.6 is 0 Å². The van der Waals surface area contributed by atoms with Gasteiger partial charge < -0.3 is 0 Å². The molecule has 6 nitrogen and oxygen atoms in total. The second kappa shape index (κ2) is 8.82. The molecule has 0 unspecified atom stereocenters. The predicted octanol–water partition coefficient (Wildman–Crippen LogP) is 1.20. The van der Waals surface area contributed by atoms with Crippen molar-refractivity contribution in [3.05, 3.63) is 35.9 Å². The fraction of sp³-hybridized carbons (Fsp3) is 0.308. The molecule has 1 rings (SSSR count). The minimum absolute atomic E-state index is 0.198. The van der Waals surface area contributed by atoms with E-state index >= 15 is 0 Å². The van der Waals surface area contributed by atoms with Crippen LogP contribution in [0.4, 0.5) is 0 Å². The lowest BCUT2D eigenvalue weighted by molar-refractivity contribution is -0.129. The highest BCUT2D eigenvalue weighted by Crippen LogP contribution is 1.99. The van der Waals surface area contributed by atoms with Crippen molar-refractivity contribution < 1.29 is 14.8 Å². The minimum Gasteiger partial charge on any atom is -0.289 e. The van der Waals surface area contributed by atoms with E-state index in [0.29, 0.717) is 19.3 Å². The van der Waals surface area contributed by atoms with Crippen LogP contribution in [0.2, 0.25) is 0 Å². The van der Waals surface area contributed by atoms with Crippen LogP contribution in [0, 0.1) is 0 Å². The first-order valence-electron chi connectivity index (χ1n) is 6.02. The number of hydroxylamine groups is 1. The number of carbonyl (C=O) groups is 2. The Morgan fingerprint density at radius 3 is 2.37 bits per heavy atom. The summed E-state index contributed by atoms with van der Waals surface area (Å²) in [6.45, 7) is 0. The van der Waals surface area contributed by atoms with Crippen LogP contribution in [0.1, 0.15) is 31.2 Å². The molecule has 0 fully saturated rings. The third-order valence-corrected chi connectivity index (χ3v) is 2.38. The lowest BCUT2D eigenvalue weighted by Gasteiger charge is -2.00. The van der Waals surface area contributed by atoms with E-state index < -0.39 is 5.91 Å². The van der Waals surface area contributed by atoms with E-state index in [4.69, 9.17) is 5.21 Å². The van der Waals surface area contributed by atoms with Crippen LogP contribution in [0.15, 0.2) is 35.4 Å². The van der Waals surface area contributed by atoms with Gasteiger partial charge in [0, 0.05) is 12.8 Å². The highest BCUT2D eigenvalue weighted by molar-refractivity contribution is 5.82. The van der Waals surface area contributed by atoms with Gasteiger partial charge in [0.05, 0.1) is 6.21 Å². The number of rotatable bonds is 7. The van der Waals surface area contributed by atoms with Gasteiger partial charge in [0.25, 0.3) is 0 Å². The second-order valence-electron chi connectivity index (χ2n) is 3.95. The maximum Gasteiger partial charge on any atom is 0.243 e. The Bertz CT molecular complexity index is 432. The van der Waals surface area contributed by atoms with E-state index in [2.05, 4.69) is 10.5 Å². The maximum absolute atomic E-state index is 11.4. The van der Waals surface area contributed by atoms with Crippen LogP contribution in [0.25, 0.3) is 0 Å². The molecular weight excluding hydrogens is 246 g/mol. The van der Waals surface area contributed by atoms with E-state index in [1.165, 1.54) is 0 Å². The van der Waals surface area contributed by atoms with E-state index in [1.807, 2.05) is 30.3 Å². The molecule has 6 heteroatoms. The average Bonchev–Trinajstić information content (AvgIpc) is 2.44. The molecule has 1 aromatic rings. The van der Waals surface area contributed by atoms with E-state index in [0.717, 1.165) is 5.56 Å². The molecule has 0 heterocycles. The number of nitrogens with zero attached hydrogens (tertiary/aromatic N) is 1. The van der Waals surface area contributed by atoms with Gasteiger partial charge in [-0.1, -0.05) is 30.3 Å². The third-order valence-electron chi connectivity index (χ3n) is 2.38. The fourth-order valence-electron chi connectivity index (χ4n) is 1.40. The van der Waals surface area contributed by atoms with Crippen molar-refractivity contribution in [1.82, 2.24) is 10.9 Å². The van der Waals surface area contributed by atoms with Crippen molar-refractivity contribution in [3.8, 4) is 0 Å². The number of hydrogen-bond donors (Lipinski definition) is 3. The first kappa shape index (κ1) is 14.8. The summed E-state index contributed by atoms with van der Waals surface area (Å²) in [6.07, 6.45) is 3.18. The molecule has 0 aliphatic heterocycles. The van der Waals surface area contributed by atoms with Gasteiger partial charge in [0.2, 0.25) is 11.8 Å². The van der Waals surface area contributed by atoms with Crippen LogP contribution in [0.5, 0.6) is 0 Å². The summed E-state index contributed by atoms with van der Waals surface area (Å²) in [5.74, 6) is -0.640. The predicted molar refractivity (Wildman–Crippen MR) is 70.6 cm³/mol. The zero-order valence-corrected chi connectivity index (χ0v) is 10.5. The number of benzene rings is 1. The number of nitrogens with one attached hydrogen (secondary N) is 2. The number of hydrogen-bond acceptors (Lipinski definition) is 4. The average molecular weight is 263 g/mol. The standard InChI is InChI=1S/C13H17N3O3/c17-12(8-4-5-9-13(18)16-19)15-14-10-11-6-2-1-3-7-11/h1-3,6-7,10,19H,4-5,8-9H2,(H,15,17)(H,16,18)/b14-10+. The molecule has 102 valence electrons. The summed E-state index contributed by atoms with van der Waals surface area (Å²) in [4.78, 5) is 22.1. The van der Waals surface area contributed by atoms with Crippen molar-refractivity contribution in [2.24, 2.45) is 5.10 Å². The molecule has 0 saturated carbocycles. The highest BCUT2D eigenvalue weighted by Gasteiger charge is 2.02. The molecule has 0 bridgehead atoms. The van der Waals surface area contributed by atoms with Crippen molar-refractivity contribution in [2.75, 3.05) is 0 Å². The number of carbonyl (C=O) groups excluding carboxylic acids is 2. The van der Waals surface area contributed by atoms with Crippen molar-refractivity contribution in [2.45, 2.75) is 25.7 Å². The first-order valence-corrected chi connectivity index (χ1v) is 6.02. The molecule has 1 aromatic carbocycles. The highest BCUT2D eigenvalue weighted by atomic mass is 16.5. The van der Waals surface area contributed by atoms with Gasteiger partial charge in [-0.2, -0.15) is 5.10 Å². The number of hydrazone groups is 1. The van der Waals surface area contributed by atoms with Gasteiger partial charge in [-0.25, -0.2) is 10.9 Å². The van der Waals surface area contributed by atoms with Crippen molar-refractivity contribution >= 4 is 18.0 Å². The molecule has 19 heavy (non-hydrogen) atoms. The summed E-state index contributed by atoms with van der Waals surface area (Å²) in [7, 11) is 0. The summed E-state index contributed by atoms with van der Waals surface area (Å²) < 4.78 is 0. The molecule has 0 atom stereocenters. The van der Waals surface area contributed by atoms with Crippen LogP contribution in [-0.2, 0) is 9.59 Å². The lowest BCUT2D eigenvalue weighted by atomic mass is 10.2. The van der Waals surface area contributed by atoms with Crippen molar-refractivity contribution in [3.63, 3.8) is 0 Å². The lowest BCUT2D eigenvalue weighted by Crippen LogP contribution is -2.19. The summed E-state index contributed by atoms with van der Waals surface area (Å²) >= 11 is 0. The maximum atomic E-state index is 11.4. The van der Waals surface area contributed by atoms with Crippen LogP contribution in [0.3, 0.4) is 0 Å². The molecule has 0 radical (unpaired) electrons. The zero-order valence-electron chi connectivity index (χ0n) is 10.5. The Balaban J connectivity index is 2.14. The molecule has 2 amide bonds. The number of unbranched alkanes of at least 4 members (excludes halogenated alkanes) is 1. The molecule has 3 N–H and O–H groups in total. The summed E-state index contributed by atoms with van der Waals surface area (Å²) in [5.41, 5.74) is 4.86. The van der Waals surface area contributed by atoms with E-state index in [9.17, 15) is 9.59 Å². The minimum atomic E-state index is -0.442. The molecule has 0 aliphatic carbocycles. The Labute approximate surface area is 111 Å². The molecule has 0 saturated heterocycles. The van der Waals surface area contributed by atoms with E-state index in [1.54, 1.807) is 11.7 Å². The molecular formula is C13H17N3O3. The van der Waals surface area contributed by atoms with Gasteiger partial charge in [0.15, 0.2) is 0 Å². The Hall–Kier alpha value is -2.21. The van der Waals surface area contributed by atoms with Crippen molar-refractivity contribution in [1.29, 1.82) is 0 Å². The quantitative estimate of drug-likeness (QED) is 0.299. The smallest absolute Gasteiger partial charge is 0.243 e. The summed E-state index contributed by atoms with van der Waals surface area (Å²) in [5, 5.41) is 12.1. The second-order valence-corrected chi connectivity index (χ2v) is 3.95. The SMILES string of the molecule is O=C(CCCCC(=O)N/N=C/c1ccccc1)NO. The van der Waals surface area contributed by atoms with Gasteiger partial charge >= 0.3 is 0 Å². The van der Waals surface area contributed by atoms with Crippen LogP contribution < -0.4 is 10.9 Å². The van der Waals surface area contributed by atoms with Gasteiger partial charge in [-0.3, -0.25) is 14.8 Å². The molecule has 0 spiro atoms. The zero-order chi connectivity index (χ0) is 13.9. The Morgan fingerprint density at radius 1 is 1.11 bits per heavy atom. The van der Waals surface area contributed by atoms with E-state index in [-0.39, 0.29) is 12.3 Å². The fourth-order valence-corrected chi connectivity index (χ4v) is 1.40. The third kappa shape index (κ3) is 6.95. The first-order chi connectivity index (χ1) is 9.22. The monoisotopic (exact) mass is 263 g/mol.